The third-order valence-corrected chi connectivity index (χ3v) is 3.05. The van der Waals surface area contributed by atoms with Crippen LogP contribution in [0, 0.1) is 0 Å². The van der Waals surface area contributed by atoms with E-state index >= 15 is 0 Å². The molecule has 18 heavy (non-hydrogen) atoms. The predicted octanol–water partition coefficient (Wildman–Crippen LogP) is 6.60. The maximum Gasteiger partial charge on any atom is -0.0348 e. The Bertz CT molecular complexity index is 196. The summed E-state index contributed by atoms with van der Waals surface area (Å²) in [5.41, 5.74) is 0. The van der Waals surface area contributed by atoms with E-state index in [1.54, 1.807) is 0 Å². The van der Waals surface area contributed by atoms with Crippen molar-refractivity contribution >= 4 is 0 Å². The maximum atomic E-state index is 2.28. The first kappa shape index (κ1) is 17.2. The van der Waals surface area contributed by atoms with Gasteiger partial charge in [-0.15, -0.1) is 0 Å². The van der Waals surface area contributed by atoms with E-state index in [1.165, 1.54) is 64.2 Å². The van der Waals surface area contributed by atoms with Crippen LogP contribution in [0.15, 0.2) is 36.5 Å². The zero-order valence-corrected chi connectivity index (χ0v) is 12.5. The Morgan fingerprint density at radius 1 is 0.500 bits per heavy atom. The van der Waals surface area contributed by atoms with E-state index in [0.29, 0.717) is 0 Å². The molecule has 0 nitrogen and oxygen atoms in total. The van der Waals surface area contributed by atoms with Gasteiger partial charge < -0.3 is 0 Å². The summed E-state index contributed by atoms with van der Waals surface area (Å²) in [4.78, 5) is 0. The molecule has 0 radical (unpaired) electrons. The smallest absolute Gasteiger partial charge is 0.0348 e. The lowest BCUT2D eigenvalue weighted by Crippen LogP contribution is -1.73. The Morgan fingerprint density at radius 2 is 0.944 bits per heavy atom. The fourth-order valence-corrected chi connectivity index (χ4v) is 1.86. The van der Waals surface area contributed by atoms with Crippen molar-refractivity contribution in [1.82, 2.24) is 0 Å². The second kappa shape index (κ2) is 16.2. The number of hydrogen-bond acceptors (Lipinski definition) is 0. The lowest BCUT2D eigenvalue weighted by molar-refractivity contribution is 0.674. The Kier molecular flexibility index (Phi) is 15.5. The zero-order chi connectivity index (χ0) is 13.3. The first-order valence-corrected chi connectivity index (χ1v) is 7.90. The monoisotopic (exact) mass is 248 g/mol. The summed E-state index contributed by atoms with van der Waals surface area (Å²) in [5, 5.41) is 0. The van der Waals surface area contributed by atoms with Crippen LogP contribution in [0.3, 0.4) is 0 Å². The van der Waals surface area contributed by atoms with E-state index in [2.05, 4.69) is 50.3 Å². The summed E-state index contributed by atoms with van der Waals surface area (Å²) in [5.74, 6) is 0. The molecule has 0 atom stereocenters. The Hall–Kier alpha value is -0.780. The van der Waals surface area contributed by atoms with Gasteiger partial charge in [-0.2, -0.15) is 0 Å². The summed E-state index contributed by atoms with van der Waals surface area (Å²) in [6.45, 7) is 4.51. The molecule has 0 N–H and O–H groups in total. The van der Waals surface area contributed by atoms with Gasteiger partial charge in [-0.3, -0.25) is 0 Å². The number of allylic oxidation sites excluding steroid dienone is 6. The van der Waals surface area contributed by atoms with Crippen LogP contribution < -0.4 is 0 Å². The fraction of sp³-hybridized carbons (Fsp3) is 0.667. The van der Waals surface area contributed by atoms with Crippen molar-refractivity contribution in [2.24, 2.45) is 0 Å². The van der Waals surface area contributed by atoms with Gasteiger partial charge in [0.25, 0.3) is 0 Å². The lowest BCUT2D eigenvalue weighted by atomic mass is 10.1. The number of rotatable bonds is 12. The van der Waals surface area contributed by atoms with Crippen molar-refractivity contribution in [3.05, 3.63) is 36.5 Å². The van der Waals surface area contributed by atoms with Crippen LogP contribution in [0.4, 0.5) is 0 Å². The van der Waals surface area contributed by atoms with Gasteiger partial charge in [-0.25, -0.2) is 0 Å². The third kappa shape index (κ3) is 15.2. The molecule has 0 aliphatic heterocycles. The standard InChI is InChI=1S/C18H32/c1-3-5-7-9-11-13-15-17-18-16-14-12-10-8-6-4-2/h13-18H,3-12H2,1-2H3. The molecule has 0 aromatic heterocycles. The molecule has 0 aliphatic carbocycles. The summed E-state index contributed by atoms with van der Waals surface area (Å²) in [6, 6.07) is 0. The second-order valence-electron chi connectivity index (χ2n) is 4.94. The molecule has 0 bridgehead atoms. The van der Waals surface area contributed by atoms with E-state index < -0.39 is 0 Å². The molecule has 104 valence electrons. The van der Waals surface area contributed by atoms with Crippen molar-refractivity contribution in [3.63, 3.8) is 0 Å². The highest BCUT2D eigenvalue weighted by atomic mass is 13.9. The molecule has 0 heteroatoms. The first-order valence-electron chi connectivity index (χ1n) is 7.90. The van der Waals surface area contributed by atoms with E-state index in [-0.39, 0.29) is 0 Å². The van der Waals surface area contributed by atoms with Crippen molar-refractivity contribution in [1.29, 1.82) is 0 Å². The Labute approximate surface area is 115 Å². The molecule has 0 amide bonds. The molecule has 0 unspecified atom stereocenters. The summed E-state index contributed by atoms with van der Waals surface area (Å²) in [7, 11) is 0. The van der Waals surface area contributed by atoms with Crippen LogP contribution in [0.25, 0.3) is 0 Å². The van der Waals surface area contributed by atoms with Crippen LogP contribution >= 0.6 is 0 Å². The lowest BCUT2D eigenvalue weighted by Gasteiger charge is -1.93. The van der Waals surface area contributed by atoms with Crippen molar-refractivity contribution in [2.45, 2.75) is 78.1 Å². The molecular weight excluding hydrogens is 216 g/mol. The fourth-order valence-electron chi connectivity index (χ4n) is 1.86. The van der Waals surface area contributed by atoms with Gasteiger partial charge in [0.2, 0.25) is 0 Å². The molecule has 0 spiro atoms. The molecule has 0 fully saturated rings. The average Bonchev–Trinajstić information content (AvgIpc) is 2.39. The SMILES string of the molecule is CCCCCCC=CC=CC=CCCCCCC. The minimum Gasteiger partial charge on any atom is -0.0845 e. The predicted molar refractivity (Wildman–Crippen MR) is 84.9 cm³/mol. The molecule has 0 aromatic rings. The quantitative estimate of drug-likeness (QED) is 0.270. The Morgan fingerprint density at radius 3 is 1.33 bits per heavy atom. The van der Waals surface area contributed by atoms with E-state index in [0.717, 1.165) is 0 Å². The maximum absolute atomic E-state index is 2.28. The topological polar surface area (TPSA) is 0 Å². The van der Waals surface area contributed by atoms with Crippen LogP contribution in [0.2, 0.25) is 0 Å². The third-order valence-electron chi connectivity index (χ3n) is 3.05. The minimum absolute atomic E-state index is 1.23. The largest absolute Gasteiger partial charge is 0.0845 e. The Balaban J connectivity index is 3.30. The van der Waals surface area contributed by atoms with Gasteiger partial charge in [0, 0.05) is 0 Å². The molecule has 0 saturated carbocycles. The molecule has 0 saturated heterocycles. The second-order valence-corrected chi connectivity index (χ2v) is 4.94. The van der Waals surface area contributed by atoms with Gasteiger partial charge in [0.1, 0.15) is 0 Å². The van der Waals surface area contributed by atoms with E-state index in [4.69, 9.17) is 0 Å². The average molecular weight is 248 g/mol. The molecule has 0 aromatic carbocycles. The molecule has 0 rings (SSSR count). The molecule has 0 aliphatic rings. The summed E-state index contributed by atoms with van der Waals surface area (Å²) < 4.78 is 0. The van der Waals surface area contributed by atoms with Crippen LogP contribution in [0.1, 0.15) is 78.1 Å². The van der Waals surface area contributed by atoms with Crippen LogP contribution in [0.5, 0.6) is 0 Å². The zero-order valence-electron chi connectivity index (χ0n) is 12.5. The van der Waals surface area contributed by atoms with Gasteiger partial charge in [-0.1, -0.05) is 88.8 Å². The summed E-state index contributed by atoms with van der Waals surface area (Å²) in [6.07, 6.45) is 26.5. The van der Waals surface area contributed by atoms with Crippen molar-refractivity contribution in [3.8, 4) is 0 Å². The molecular formula is C18H32. The first-order chi connectivity index (χ1) is 8.91. The van der Waals surface area contributed by atoms with Crippen molar-refractivity contribution < 1.29 is 0 Å². The number of hydrogen-bond donors (Lipinski definition) is 0. The van der Waals surface area contributed by atoms with Gasteiger partial charge in [0.05, 0.1) is 0 Å². The van der Waals surface area contributed by atoms with E-state index in [1.807, 2.05) is 0 Å². The highest BCUT2D eigenvalue weighted by Gasteiger charge is 1.84. The van der Waals surface area contributed by atoms with Gasteiger partial charge in [0.15, 0.2) is 0 Å². The van der Waals surface area contributed by atoms with Crippen LogP contribution in [-0.4, -0.2) is 0 Å². The highest BCUT2D eigenvalue weighted by molar-refractivity contribution is 5.10. The van der Waals surface area contributed by atoms with Crippen molar-refractivity contribution in [2.75, 3.05) is 0 Å². The normalized spacial score (nSPS) is 12.3. The number of unbranched alkanes of at least 4 members (excludes halogenated alkanes) is 8. The molecule has 0 heterocycles. The van der Waals surface area contributed by atoms with Gasteiger partial charge in [-0.05, 0) is 25.7 Å². The highest BCUT2D eigenvalue weighted by Crippen LogP contribution is 2.03. The minimum atomic E-state index is 1.23. The van der Waals surface area contributed by atoms with E-state index in [9.17, 15) is 0 Å². The summed E-state index contributed by atoms with van der Waals surface area (Å²) >= 11 is 0. The van der Waals surface area contributed by atoms with Gasteiger partial charge >= 0.3 is 0 Å². The van der Waals surface area contributed by atoms with Crippen LogP contribution in [-0.2, 0) is 0 Å².